The number of nitrogens with one attached hydrogen (secondary N) is 1. The molecule has 0 radical (unpaired) electrons. The number of hydrogen-bond donors (Lipinski definition) is 1. The first-order valence-corrected chi connectivity index (χ1v) is 3.60. The second kappa shape index (κ2) is 8.58. The van der Waals surface area contributed by atoms with E-state index in [-0.39, 0.29) is 63.4 Å². The first-order valence-electron chi connectivity index (χ1n) is 3.60. The summed E-state index contributed by atoms with van der Waals surface area (Å²) < 4.78 is 0. The van der Waals surface area contributed by atoms with E-state index in [0.717, 1.165) is 10.9 Å². The normalized spacial score (nSPS) is 7.87. The maximum Gasteiger partial charge on any atom is 4.00 e. The second-order valence-corrected chi connectivity index (χ2v) is 2.84. The van der Waals surface area contributed by atoms with Crippen molar-refractivity contribution >= 4 is 10.9 Å². The number of nitrogens with zero attached hydrogens (tertiary/aromatic N) is 1. The molecule has 80 valence electrons. The van der Waals surface area contributed by atoms with E-state index in [1.165, 1.54) is 11.1 Å². The number of halogens is 3. The van der Waals surface area contributed by atoms with Gasteiger partial charge in [0.25, 0.3) is 0 Å². The predicted octanol–water partition coefficient (Wildman–Crippen LogP) is -7.01. The van der Waals surface area contributed by atoms with E-state index >= 15 is 0 Å². The van der Waals surface area contributed by atoms with Crippen LogP contribution in [0.1, 0.15) is 11.1 Å². The van der Waals surface area contributed by atoms with Gasteiger partial charge >= 0.3 is 26.2 Å². The average molecular weight is 343 g/mol. The zero-order valence-corrected chi connectivity index (χ0v) is 13.0. The van der Waals surface area contributed by atoms with Crippen molar-refractivity contribution in [3.63, 3.8) is 0 Å². The monoisotopic (exact) mass is 340 g/mol. The van der Waals surface area contributed by atoms with Crippen molar-refractivity contribution in [2.75, 3.05) is 0 Å². The van der Waals surface area contributed by atoms with Crippen LogP contribution in [0.15, 0.2) is 12.1 Å². The largest absolute Gasteiger partial charge is 4.00 e. The fraction of sp³-hybridized carbons (Fsp3) is 0.222. The molecule has 1 heterocycles. The van der Waals surface area contributed by atoms with Crippen LogP contribution in [0.25, 0.3) is 10.9 Å². The minimum absolute atomic E-state index is 0. The zero-order valence-electron chi connectivity index (χ0n) is 8.24. The van der Waals surface area contributed by atoms with Crippen molar-refractivity contribution in [2.24, 2.45) is 0 Å². The summed E-state index contributed by atoms with van der Waals surface area (Å²) >= 11 is 0. The molecule has 0 fully saturated rings. The number of aromatic nitrogens is 2. The van der Waals surface area contributed by atoms with Crippen molar-refractivity contribution in [3.05, 3.63) is 29.5 Å². The summed E-state index contributed by atoms with van der Waals surface area (Å²) in [5, 5.41) is 7.83. The van der Waals surface area contributed by atoms with Crippen LogP contribution >= 0.6 is 0 Å². The van der Waals surface area contributed by atoms with Gasteiger partial charge < -0.3 is 42.3 Å². The summed E-state index contributed by atoms with van der Waals surface area (Å²) in [7, 11) is 0. The van der Waals surface area contributed by atoms with Crippen LogP contribution in [0, 0.1) is 20.0 Å². The standard InChI is InChI=1S/C9H9N2.3ClH.Zr/c1-6-3-7(2)9-8(4-6)5-10-11-9;;;;/h3-4H,1-2H3,(H,10,11);3*1H;/q-1;;;;+4/p-3. The van der Waals surface area contributed by atoms with Gasteiger partial charge in [0, 0.05) is 0 Å². The van der Waals surface area contributed by atoms with E-state index in [1.54, 1.807) is 0 Å². The number of benzene rings is 1. The Labute approximate surface area is 127 Å². The Morgan fingerprint density at radius 1 is 1.13 bits per heavy atom. The zero-order chi connectivity index (χ0) is 7.84. The fourth-order valence-corrected chi connectivity index (χ4v) is 1.35. The fourth-order valence-electron chi connectivity index (χ4n) is 1.35. The Balaban J connectivity index is -0.000000360. The maximum atomic E-state index is 3.85. The molecule has 0 amide bonds. The molecule has 0 unspecified atom stereocenters. The molecule has 15 heavy (non-hydrogen) atoms. The second-order valence-electron chi connectivity index (χ2n) is 2.84. The van der Waals surface area contributed by atoms with Crippen molar-refractivity contribution in [1.29, 1.82) is 0 Å². The molecule has 1 aromatic carbocycles. The van der Waals surface area contributed by atoms with Crippen LogP contribution < -0.4 is 37.2 Å². The Hall–Kier alpha value is 0.443. The van der Waals surface area contributed by atoms with E-state index in [0.29, 0.717) is 0 Å². The van der Waals surface area contributed by atoms with Crippen LogP contribution in [-0.2, 0) is 26.2 Å². The number of H-pyrrole nitrogens is 1. The van der Waals surface area contributed by atoms with E-state index < -0.39 is 0 Å². The van der Waals surface area contributed by atoms with Gasteiger partial charge in [-0.3, -0.25) is 5.10 Å². The summed E-state index contributed by atoms with van der Waals surface area (Å²) in [6.07, 6.45) is 2.90. The van der Waals surface area contributed by atoms with Crippen LogP contribution in [0.2, 0.25) is 0 Å². The first-order chi connectivity index (χ1) is 5.27. The SMILES string of the molecule is Cc1cc(C)c2[nH]n[c-]c2c1.[Cl-].[Cl-].[Cl-].[Zr+4]. The molecule has 1 N–H and O–H groups in total. The van der Waals surface area contributed by atoms with Gasteiger partial charge in [-0.15, -0.1) is 10.9 Å². The third-order valence-corrected chi connectivity index (χ3v) is 1.82. The van der Waals surface area contributed by atoms with Crippen LogP contribution in [0.4, 0.5) is 0 Å². The smallest absolute Gasteiger partial charge is 1.00 e. The number of fused-ring (bicyclic) bond motifs is 1. The van der Waals surface area contributed by atoms with Crippen molar-refractivity contribution in [1.82, 2.24) is 10.2 Å². The van der Waals surface area contributed by atoms with Crippen molar-refractivity contribution < 1.29 is 63.4 Å². The summed E-state index contributed by atoms with van der Waals surface area (Å²) in [4.78, 5) is 0. The Morgan fingerprint density at radius 2 is 1.73 bits per heavy atom. The van der Waals surface area contributed by atoms with Crippen LogP contribution in [-0.4, -0.2) is 10.2 Å². The van der Waals surface area contributed by atoms with E-state index in [4.69, 9.17) is 0 Å². The van der Waals surface area contributed by atoms with Gasteiger partial charge in [0.1, 0.15) is 0 Å². The minimum atomic E-state index is 0. The molecular formula is C9H9Cl3N2Zr. The molecule has 0 aliphatic rings. The number of hydrogen-bond acceptors (Lipinski definition) is 1. The maximum absolute atomic E-state index is 3.85. The van der Waals surface area contributed by atoms with E-state index in [2.05, 4.69) is 42.4 Å². The molecule has 2 nitrogen and oxygen atoms in total. The average Bonchev–Trinajstić information content (AvgIpc) is 2.34. The molecule has 6 heteroatoms. The molecule has 0 saturated carbocycles. The molecule has 0 aliphatic heterocycles. The Bertz CT molecular complexity index is 403. The van der Waals surface area contributed by atoms with Gasteiger partial charge in [0.2, 0.25) is 0 Å². The number of aryl methyl sites for hydroxylation is 2. The molecule has 0 atom stereocenters. The third kappa shape index (κ3) is 4.44. The van der Waals surface area contributed by atoms with Crippen LogP contribution in [0.3, 0.4) is 0 Å². The van der Waals surface area contributed by atoms with Gasteiger partial charge in [-0.05, 0) is 18.6 Å². The summed E-state index contributed by atoms with van der Waals surface area (Å²) in [5.41, 5.74) is 3.58. The van der Waals surface area contributed by atoms with Crippen molar-refractivity contribution in [3.8, 4) is 0 Å². The van der Waals surface area contributed by atoms with Gasteiger partial charge in [0.15, 0.2) is 0 Å². The molecule has 0 bridgehead atoms. The molecule has 0 saturated heterocycles. The summed E-state index contributed by atoms with van der Waals surface area (Å²) in [6, 6.07) is 4.21. The Kier molecular flexibility index (Phi) is 11.9. The van der Waals surface area contributed by atoms with Crippen LogP contribution in [0.5, 0.6) is 0 Å². The minimum Gasteiger partial charge on any atom is -1.00 e. The molecule has 2 rings (SSSR count). The van der Waals surface area contributed by atoms with Crippen molar-refractivity contribution in [2.45, 2.75) is 13.8 Å². The quantitative estimate of drug-likeness (QED) is 0.474. The van der Waals surface area contributed by atoms with Gasteiger partial charge in [0.05, 0.1) is 0 Å². The topological polar surface area (TPSA) is 28.7 Å². The molecule has 1 aromatic heterocycles. The molecular weight excluding hydrogens is 334 g/mol. The van der Waals surface area contributed by atoms with E-state index in [1.807, 2.05) is 0 Å². The first kappa shape index (κ1) is 20.8. The molecule has 2 aromatic rings. The predicted molar refractivity (Wildman–Crippen MR) is 44.4 cm³/mol. The third-order valence-electron chi connectivity index (χ3n) is 1.82. The van der Waals surface area contributed by atoms with Gasteiger partial charge in [-0.25, -0.2) is 0 Å². The molecule has 0 spiro atoms. The van der Waals surface area contributed by atoms with Gasteiger partial charge in [-0.1, -0.05) is 18.6 Å². The number of aromatic amines is 1. The number of rotatable bonds is 0. The van der Waals surface area contributed by atoms with E-state index in [9.17, 15) is 0 Å². The Morgan fingerprint density at radius 3 is 2.33 bits per heavy atom. The summed E-state index contributed by atoms with van der Waals surface area (Å²) in [6.45, 7) is 4.15. The van der Waals surface area contributed by atoms with Gasteiger partial charge in [-0.2, -0.15) is 6.07 Å². The summed E-state index contributed by atoms with van der Waals surface area (Å²) in [5.74, 6) is 0. The molecule has 0 aliphatic carbocycles.